The maximum Gasteiger partial charge on any atom is 0.243 e. The predicted octanol–water partition coefficient (Wildman–Crippen LogP) is 2.39. The molecule has 1 atom stereocenters. The van der Waals surface area contributed by atoms with Crippen LogP contribution in [0.5, 0.6) is 0 Å². The smallest absolute Gasteiger partial charge is 0.243 e. The Hall–Kier alpha value is -2.24. The SMILES string of the molecule is CCCCNC(=NCC(=O)N(C)C)NC1CCCN(c2ccc(C)cc2)C1. The van der Waals surface area contributed by atoms with E-state index in [-0.39, 0.29) is 12.5 Å². The zero-order chi connectivity index (χ0) is 19.6. The van der Waals surface area contributed by atoms with E-state index in [0.29, 0.717) is 6.04 Å². The van der Waals surface area contributed by atoms with Crippen LogP contribution >= 0.6 is 0 Å². The first-order chi connectivity index (χ1) is 13.0. The van der Waals surface area contributed by atoms with Gasteiger partial charge in [-0.25, -0.2) is 4.99 Å². The molecule has 0 spiro atoms. The van der Waals surface area contributed by atoms with Gasteiger partial charge < -0.3 is 20.4 Å². The van der Waals surface area contributed by atoms with Gasteiger partial charge in [-0.3, -0.25) is 4.79 Å². The van der Waals surface area contributed by atoms with E-state index in [0.717, 1.165) is 51.3 Å². The molecule has 1 aliphatic heterocycles. The molecule has 0 bridgehead atoms. The summed E-state index contributed by atoms with van der Waals surface area (Å²) in [6, 6.07) is 9.04. The Morgan fingerprint density at radius 3 is 2.70 bits per heavy atom. The summed E-state index contributed by atoms with van der Waals surface area (Å²) < 4.78 is 0. The lowest BCUT2D eigenvalue weighted by atomic mass is 10.0. The lowest BCUT2D eigenvalue weighted by molar-refractivity contribution is -0.127. The first-order valence-corrected chi connectivity index (χ1v) is 10.1. The van der Waals surface area contributed by atoms with Gasteiger partial charge in [-0.1, -0.05) is 31.0 Å². The molecule has 1 saturated heterocycles. The van der Waals surface area contributed by atoms with Gasteiger partial charge in [0, 0.05) is 45.5 Å². The quantitative estimate of drug-likeness (QED) is 0.438. The largest absolute Gasteiger partial charge is 0.369 e. The molecule has 1 aliphatic rings. The number of likely N-dealkylation sites (N-methyl/N-ethyl adjacent to an activating group) is 1. The minimum absolute atomic E-state index is 0.0107. The Morgan fingerprint density at radius 1 is 1.30 bits per heavy atom. The average molecular weight is 374 g/mol. The monoisotopic (exact) mass is 373 g/mol. The molecule has 2 rings (SSSR count). The number of anilines is 1. The lowest BCUT2D eigenvalue weighted by Crippen LogP contribution is -2.51. The van der Waals surface area contributed by atoms with Crippen LogP contribution in [-0.4, -0.2) is 63.1 Å². The number of aryl methyl sites for hydroxylation is 1. The molecule has 1 fully saturated rings. The first-order valence-electron chi connectivity index (χ1n) is 10.1. The normalized spacial score (nSPS) is 17.6. The van der Waals surface area contributed by atoms with Crippen molar-refractivity contribution in [3.8, 4) is 0 Å². The van der Waals surface area contributed by atoms with E-state index in [2.05, 4.69) is 58.6 Å². The Kier molecular flexibility index (Phi) is 8.43. The van der Waals surface area contributed by atoms with E-state index in [9.17, 15) is 4.79 Å². The van der Waals surface area contributed by atoms with Crippen molar-refractivity contribution in [2.75, 3.05) is 45.2 Å². The van der Waals surface area contributed by atoms with E-state index >= 15 is 0 Å². The Bertz CT molecular complexity index is 612. The van der Waals surface area contributed by atoms with Crippen molar-refractivity contribution in [2.24, 2.45) is 4.99 Å². The summed E-state index contributed by atoms with van der Waals surface area (Å²) in [6.45, 7) is 7.34. The van der Waals surface area contributed by atoms with Gasteiger partial charge >= 0.3 is 0 Å². The number of hydrogen-bond donors (Lipinski definition) is 2. The van der Waals surface area contributed by atoms with E-state index in [4.69, 9.17) is 0 Å². The third-order valence-corrected chi connectivity index (χ3v) is 4.86. The molecule has 1 unspecified atom stereocenters. The molecule has 6 nitrogen and oxygen atoms in total. The molecule has 1 aromatic rings. The lowest BCUT2D eigenvalue weighted by Gasteiger charge is -2.35. The summed E-state index contributed by atoms with van der Waals surface area (Å²) in [6.07, 6.45) is 4.47. The Morgan fingerprint density at radius 2 is 2.04 bits per heavy atom. The van der Waals surface area contributed by atoms with Gasteiger partial charge in [-0.15, -0.1) is 0 Å². The van der Waals surface area contributed by atoms with Crippen LogP contribution in [0, 0.1) is 6.92 Å². The highest BCUT2D eigenvalue weighted by atomic mass is 16.2. The zero-order valence-corrected chi connectivity index (χ0v) is 17.3. The topological polar surface area (TPSA) is 60.0 Å². The number of amides is 1. The molecule has 1 heterocycles. The van der Waals surface area contributed by atoms with Gasteiger partial charge in [-0.05, 0) is 38.3 Å². The van der Waals surface area contributed by atoms with Crippen LogP contribution in [0.1, 0.15) is 38.2 Å². The third kappa shape index (κ3) is 7.12. The van der Waals surface area contributed by atoms with Gasteiger partial charge in [0.25, 0.3) is 0 Å². The summed E-state index contributed by atoms with van der Waals surface area (Å²) in [5.74, 6) is 0.755. The molecular weight excluding hydrogens is 338 g/mol. The molecule has 0 aromatic heterocycles. The number of hydrogen-bond acceptors (Lipinski definition) is 3. The van der Waals surface area contributed by atoms with Crippen LogP contribution < -0.4 is 15.5 Å². The number of rotatable bonds is 7. The third-order valence-electron chi connectivity index (χ3n) is 4.86. The minimum Gasteiger partial charge on any atom is -0.369 e. The van der Waals surface area contributed by atoms with Crippen LogP contribution in [0.2, 0.25) is 0 Å². The van der Waals surface area contributed by atoms with Crippen LogP contribution in [0.25, 0.3) is 0 Å². The zero-order valence-electron chi connectivity index (χ0n) is 17.3. The van der Waals surface area contributed by atoms with Crippen molar-refractivity contribution in [3.05, 3.63) is 29.8 Å². The number of unbranched alkanes of at least 4 members (excludes halogenated alkanes) is 1. The van der Waals surface area contributed by atoms with Gasteiger partial charge in [0.15, 0.2) is 5.96 Å². The van der Waals surface area contributed by atoms with Crippen molar-refractivity contribution < 1.29 is 4.79 Å². The van der Waals surface area contributed by atoms with Crippen LogP contribution in [0.3, 0.4) is 0 Å². The van der Waals surface area contributed by atoms with E-state index in [1.165, 1.54) is 11.3 Å². The Balaban J connectivity index is 1.98. The number of guanidine groups is 1. The number of nitrogens with one attached hydrogen (secondary N) is 2. The minimum atomic E-state index is 0.0107. The molecule has 0 radical (unpaired) electrons. The van der Waals surface area contributed by atoms with Crippen molar-refractivity contribution in [3.63, 3.8) is 0 Å². The molecular formula is C21H35N5O. The van der Waals surface area contributed by atoms with Crippen molar-refractivity contribution >= 4 is 17.6 Å². The standard InChI is InChI=1S/C21H35N5O/c1-5-6-13-22-21(23-15-20(27)25(3)4)24-18-8-7-14-26(16-18)19-11-9-17(2)10-12-19/h9-12,18H,5-8,13-16H2,1-4H3,(H2,22,23,24). The summed E-state index contributed by atoms with van der Waals surface area (Å²) in [5, 5.41) is 6.92. The van der Waals surface area contributed by atoms with Gasteiger partial charge in [0.05, 0.1) is 0 Å². The molecule has 1 aromatic carbocycles. The molecule has 6 heteroatoms. The van der Waals surface area contributed by atoms with Gasteiger partial charge in [-0.2, -0.15) is 0 Å². The average Bonchev–Trinajstić information content (AvgIpc) is 2.66. The molecule has 0 saturated carbocycles. The van der Waals surface area contributed by atoms with Crippen molar-refractivity contribution in [1.82, 2.24) is 15.5 Å². The number of carbonyl (C=O) groups is 1. The number of piperidine rings is 1. The molecule has 0 aliphatic carbocycles. The van der Waals surface area contributed by atoms with Crippen LogP contribution in [0.4, 0.5) is 5.69 Å². The number of nitrogens with zero attached hydrogens (tertiary/aromatic N) is 3. The molecule has 27 heavy (non-hydrogen) atoms. The van der Waals surface area contributed by atoms with E-state index in [1.807, 2.05) is 0 Å². The summed E-state index contributed by atoms with van der Waals surface area (Å²) in [5.41, 5.74) is 2.55. The number of benzene rings is 1. The van der Waals surface area contributed by atoms with Gasteiger partial charge in [0.1, 0.15) is 6.54 Å². The fourth-order valence-corrected chi connectivity index (χ4v) is 3.10. The number of carbonyl (C=O) groups excluding carboxylic acids is 1. The summed E-state index contributed by atoms with van der Waals surface area (Å²) >= 11 is 0. The molecule has 150 valence electrons. The first kappa shape index (κ1) is 21.1. The van der Waals surface area contributed by atoms with Crippen molar-refractivity contribution in [2.45, 2.75) is 45.6 Å². The maximum atomic E-state index is 11.9. The highest BCUT2D eigenvalue weighted by molar-refractivity contribution is 5.85. The predicted molar refractivity (Wildman–Crippen MR) is 113 cm³/mol. The fraction of sp³-hybridized carbons (Fsp3) is 0.619. The summed E-state index contributed by atoms with van der Waals surface area (Å²) in [4.78, 5) is 20.4. The molecule has 1 amide bonds. The van der Waals surface area contributed by atoms with Crippen LogP contribution in [0.15, 0.2) is 29.3 Å². The van der Waals surface area contributed by atoms with Crippen LogP contribution in [-0.2, 0) is 4.79 Å². The second-order valence-electron chi connectivity index (χ2n) is 7.50. The maximum absolute atomic E-state index is 11.9. The second-order valence-corrected chi connectivity index (χ2v) is 7.50. The number of aliphatic imine (C=N–C) groups is 1. The molecule has 2 N–H and O–H groups in total. The second kappa shape index (κ2) is 10.8. The van der Waals surface area contributed by atoms with Crippen molar-refractivity contribution in [1.29, 1.82) is 0 Å². The highest BCUT2D eigenvalue weighted by Crippen LogP contribution is 2.20. The van der Waals surface area contributed by atoms with Gasteiger partial charge in [0.2, 0.25) is 5.91 Å². The van der Waals surface area contributed by atoms with E-state index < -0.39 is 0 Å². The highest BCUT2D eigenvalue weighted by Gasteiger charge is 2.21. The Labute approximate surface area is 164 Å². The fourth-order valence-electron chi connectivity index (χ4n) is 3.10. The van der Waals surface area contributed by atoms with E-state index in [1.54, 1.807) is 19.0 Å². The summed E-state index contributed by atoms with van der Waals surface area (Å²) in [7, 11) is 3.52.